The van der Waals surface area contributed by atoms with E-state index in [0.29, 0.717) is 0 Å². The van der Waals surface area contributed by atoms with Gasteiger partial charge < -0.3 is 5.43 Å². The summed E-state index contributed by atoms with van der Waals surface area (Å²) in [5, 5.41) is 10.9. The van der Waals surface area contributed by atoms with Crippen LogP contribution in [0.5, 0.6) is 0 Å². The maximum absolute atomic E-state index is 10.9. The van der Waals surface area contributed by atoms with Crippen molar-refractivity contribution in [2.45, 2.75) is 39.7 Å². The lowest BCUT2D eigenvalue weighted by atomic mass is 10.0. The van der Waals surface area contributed by atoms with Crippen LogP contribution in [-0.2, 0) is 0 Å². The Labute approximate surface area is 124 Å². The predicted octanol–water partition coefficient (Wildman–Crippen LogP) is 4.10. The highest BCUT2D eigenvalue weighted by Gasteiger charge is 2.15. The average molecular weight is 287 g/mol. The molecule has 2 aromatic rings. The number of nitro groups is 1. The molecule has 0 spiro atoms. The van der Waals surface area contributed by atoms with Crippen LogP contribution in [0.2, 0.25) is 0 Å². The molecule has 1 atom stereocenters. The Bertz CT molecular complexity index is 615. The van der Waals surface area contributed by atoms with Gasteiger partial charge in [0.1, 0.15) is 0 Å². The van der Waals surface area contributed by atoms with Crippen LogP contribution >= 0.6 is 0 Å². The first-order valence-corrected chi connectivity index (χ1v) is 7.18. The molecule has 112 valence electrons. The summed E-state index contributed by atoms with van der Waals surface area (Å²) in [6.45, 7) is 6.19. The Hall–Kier alpha value is -2.30. The van der Waals surface area contributed by atoms with Crippen LogP contribution in [0.1, 0.15) is 42.8 Å². The molecule has 0 bridgehead atoms. The molecule has 5 nitrogen and oxygen atoms in total. The van der Waals surface area contributed by atoms with Gasteiger partial charge in [-0.3, -0.25) is 14.8 Å². The van der Waals surface area contributed by atoms with Crippen LogP contribution in [0.4, 0.5) is 5.69 Å². The van der Waals surface area contributed by atoms with Gasteiger partial charge >= 0.3 is 0 Å². The molecule has 0 aliphatic rings. The maximum atomic E-state index is 10.9. The van der Waals surface area contributed by atoms with Crippen molar-refractivity contribution in [2.75, 3.05) is 5.43 Å². The third kappa shape index (κ3) is 3.42. The first-order chi connectivity index (χ1) is 10.0. The number of aryl methyl sites for hydroxylation is 2. The zero-order chi connectivity index (χ0) is 15.4. The molecule has 5 heteroatoms. The highest BCUT2D eigenvalue weighted by molar-refractivity contribution is 5.36. The molecular formula is C16H21N3O2. The van der Waals surface area contributed by atoms with Crippen LogP contribution in [0, 0.1) is 24.0 Å². The summed E-state index contributed by atoms with van der Waals surface area (Å²) in [6, 6.07) is 11.0. The molecule has 1 unspecified atom stereocenters. The van der Waals surface area contributed by atoms with Gasteiger partial charge in [0.15, 0.2) is 0 Å². The van der Waals surface area contributed by atoms with Gasteiger partial charge in [-0.05, 0) is 38.0 Å². The molecule has 0 saturated carbocycles. The number of nitrogens with one attached hydrogen (secondary N) is 1. The van der Waals surface area contributed by atoms with Crippen molar-refractivity contribution in [1.29, 1.82) is 0 Å². The number of nitrogens with zero attached hydrogens (tertiary/aromatic N) is 2. The summed E-state index contributed by atoms with van der Waals surface area (Å²) in [6.07, 6.45) is 1.91. The molecule has 2 rings (SSSR count). The first kappa shape index (κ1) is 15.1. The van der Waals surface area contributed by atoms with Gasteiger partial charge in [0.05, 0.1) is 11.0 Å². The minimum Gasteiger partial charge on any atom is -0.318 e. The number of non-ortho nitro benzene ring substituents is 1. The Morgan fingerprint density at radius 3 is 2.48 bits per heavy atom. The second kappa shape index (κ2) is 6.43. The van der Waals surface area contributed by atoms with Crippen LogP contribution in [0.25, 0.3) is 0 Å². The van der Waals surface area contributed by atoms with E-state index in [0.717, 1.165) is 29.8 Å². The Morgan fingerprint density at radius 2 is 1.90 bits per heavy atom. The largest absolute Gasteiger partial charge is 0.318 e. The van der Waals surface area contributed by atoms with E-state index in [2.05, 4.69) is 24.5 Å². The topological polar surface area (TPSA) is 60.1 Å². The molecule has 1 N–H and O–H groups in total. The highest BCUT2D eigenvalue weighted by atomic mass is 16.6. The third-order valence-electron chi connectivity index (χ3n) is 3.62. The van der Waals surface area contributed by atoms with E-state index < -0.39 is 0 Å². The minimum atomic E-state index is -0.349. The highest BCUT2D eigenvalue weighted by Crippen LogP contribution is 2.24. The number of rotatable bonds is 6. The number of benzene rings is 1. The second-order valence-corrected chi connectivity index (χ2v) is 5.27. The van der Waals surface area contributed by atoms with Crippen molar-refractivity contribution in [3.8, 4) is 0 Å². The molecule has 0 radical (unpaired) electrons. The average Bonchev–Trinajstić information content (AvgIpc) is 2.78. The van der Waals surface area contributed by atoms with Crippen molar-refractivity contribution in [2.24, 2.45) is 0 Å². The first-order valence-electron chi connectivity index (χ1n) is 7.18. The van der Waals surface area contributed by atoms with Crippen molar-refractivity contribution in [1.82, 2.24) is 4.68 Å². The Morgan fingerprint density at radius 1 is 1.24 bits per heavy atom. The fourth-order valence-electron chi connectivity index (χ4n) is 2.48. The summed E-state index contributed by atoms with van der Waals surface area (Å²) in [5.74, 6) is 0. The summed E-state index contributed by atoms with van der Waals surface area (Å²) in [4.78, 5) is 10.6. The molecule has 1 aromatic carbocycles. The monoisotopic (exact) mass is 287 g/mol. The second-order valence-electron chi connectivity index (χ2n) is 5.27. The van der Waals surface area contributed by atoms with Gasteiger partial charge in [0.25, 0.3) is 5.69 Å². The molecule has 0 aliphatic heterocycles. The van der Waals surface area contributed by atoms with Gasteiger partial charge in [-0.25, -0.2) is 0 Å². The van der Waals surface area contributed by atoms with Crippen molar-refractivity contribution < 1.29 is 4.92 Å². The SMILES string of the molecule is CCCC(Nn1c(C)ccc1C)c1cccc([N+](=O)[O-])c1. The van der Waals surface area contributed by atoms with E-state index in [-0.39, 0.29) is 16.7 Å². The van der Waals surface area contributed by atoms with Gasteiger partial charge in [0.2, 0.25) is 0 Å². The van der Waals surface area contributed by atoms with Crippen LogP contribution in [0.3, 0.4) is 0 Å². The molecule has 0 fully saturated rings. The molecule has 0 saturated heterocycles. The Balaban J connectivity index is 2.31. The van der Waals surface area contributed by atoms with E-state index in [1.165, 1.54) is 6.07 Å². The van der Waals surface area contributed by atoms with Crippen LogP contribution in [-0.4, -0.2) is 9.60 Å². The van der Waals surface area contributed by atoms with Gasteiger partial charge in [-0.1, -0.05) is 25.5 Å². The lowest BCUT2D eigenvalue weighted by Crippen LogP contribution is -2.23. The number of nitro benzene ring substituents is 1. The van der Waals surface area contributed by atoms with Crippen molar-refractivity contribution in [3.05, 3.63) is 63.5 Å². The van der Waals surface area contributed by atoms with E-state index in [9.17, 15) is 10.1 Å². The molecule has 0 aliphatic carbocycles. The van der Waals surface area contributed by atoms with Crippen LogP contribution in [0.15, 0.2) is 36.4 Å². The summed E-state index contributed by atoms with van der Waals surface area (Å²) in [5.41, 5.74) is 6.80. The summed E-state index contributed by atoms with van der Waals surface area (Å²) in [7, 11) is 0. The van der Waals surface area contributed by atoms with E-state index in [1.807, 2.05) is 24.6 Å². The van der Waals surface area contributed by atoms with Crippen molar-refractivity contribution >= 4 is 5.69 Å². The van der Waals surface area contributed by atoms with E-state index in [4.69, 9.17) is 0 Å². The molecule has 21 heavy (non-hydrogen) atoms. The number of aromatic nitrogens is 1. The zero-order valence-corrected chi connectivity index (χ0v) is 12.7. The van der Waals surface area contributed by atoms with E-state index >= 15 is 0 Å². The summed E-state index contributed by atoms with van der Waals surface area (Å²) < 4.78 is 2.04. The fourth-order valence-corrected chi connectivity index (χ4v) is 2.48. The standard InChI is InChI=1S/C16H21N3O2/c1-4-6-16(17-18-12(2)9-10-13(18)3)14-7-5-8-15(11-14)19(20)21/h5,7-11,16-17H,4,6H2,1-3H3. The third-order valence-corrected chi connectivity index (χ3v) is 3.62. The quantitative estimate of drug-likeness (QED) is 0.642. The molecule has 1 aromatic heterocycles. The normalized spacial score (nSPS) is 12.1. The van der Waals surface area contributed by atoms with Crippen LogP contribution < -0.4 is 5.43 Å². The Kier molecular flexibility index (Phi) is 4.62. The smallest absolute Gasteiger partial charge is 0.269 e. The van der Waals surface area contributed by atoms with Gasteiger partial charge in [-0.2, -0.15) is 0 Å². The minimum absolute atomic E-state index is 0.0553. The number of hydrogen-bond donors (Lipinski definition) is 1. The van der Waals surface area contributed by atoms with E-state index in [1.54, 1.807) is 12.1 Å². The van der Waals surface area contributed by atoms with Gasteiger partial charge in [0, 0.05) is 23.5 Å². The molecule has 1 heterocycles. The van der Waals surface area contributed by atoms with Gasteiger partial charge in [-0.15, -0.1) is 0 Å². The lowest BCUT2D eigenvalue weighted by Gasteiger charge is -2.23. The fraction of sp³-hybridized carbons (Fsp3) is 0.375. The zero-order valence-electron chi connectivity index (χ0n) is 12.7. The lowest BCUT2D eigenvalue weighted by molar-refractivity contribution is -0.384. The molecular weight excluding hydrogens is 266 g/mol. The summed E-state index contributed by atoms with van der Waals surface area (Å²) >= 11 is 0. The number of hydrogen-bond acceptors (Lipinski definition) is 3. The maximum Gasteiger partial charge on any atom is 0.269 e. The molecule has 0 amide bonds. The predicted molar refractivity (Wildman–Crippen MR) is 84.0 cm³/mol. The van der Waals surface area contributed by atoms with Crippen molar-refractivity contribution in [3.63, 3.8) is 0 Å².